The van der Waals surface area contributed by atoms with Gasteiger partial charge >= 0.3 is 0 Å². The molecule has 28 nitrogen and oxygen atoms in total. The molecule has 1 aliphatic heterocycles. The van der Waals surface area contributed by atoms with E-state index in [2.05, 4.69) is 27.0 Å². The Labute approximate surface area is 839 Å². The topological polar surface area (TPSA) is 269 Å². The Morgan fingerprint density at radius 2 is 0.658 bits per heavy atom. The number of aryl methyl sites for hydroxylation is 6. The van der Waals surface area contributed by atoms with E-state index < -0.39 is 18.0 Å². The van der Waals surface area contributed by atoms with Crippen LogP contribution in [0, 0.1) is 17.5 Å². The summed E-state index contributed by atoms with van der Waals surface area (Å²) in [5, 5.41) is 8.39. The van der Waals surface area contributed by atoms with Gasteiger partial charge in [-0.3, -0.25) is 38.7 Å². The van der Waals surface area contributed by atoms with Gasteiger partial charge in [0, 0.05) is 220 Å². The molecule has 0 radical (unpaired) electrons. The first-order chi connectivity index (χ1) is 70.0. The third kappa shape index (κ3) is 22.5. The van der Waals surface area contributed by atoms with E-state index in [1.54, 1.807) is 191 Å². The van der Waals surface area contributed by atoms with Crippen LogP contribution in [0.25, 0.3) is 131 Å². The molecule has 8 aromatic heterocycles. The van der Waals surface area contributed by atoms with Gasteiger partial charge in [0.2, 0.25) is 24.7 Å². The minimum absolute atomic E-state index is 0.00242. The van der Waals surface area contributed by atoms with Gasteiger partial charge in [-0.05, 0) is 200 Å². The number of methoxy groups -OCH3 is 8. The van der Waals surface area contributed by atoms with E-state index in [-0.39, 0.29) is 75.3 Å². The normalized spacial score (nSPS) is 11.5. The predicted molar refractivity (Wildman–Crippen MR) is 565 cm³/mol. The lowest BCUT2D eigenvalue weighted by atomic mass is 9.98. The van der Waals surface area contributed by atoms with E-state index in [4.69, 9.17) is 52.1 Å². The van der Waals surface area contributed by atoms with Crippen molar-refractivity contribution in [2.45, 2.75) is 32.9 Å². The molecule has 0 bridgehead atoms. The first-order valence-electron chi connectivity index (χ1n) is 46.1. The van der Waals surface area contributed by atoms with Crippen molar-refractivity contribution in [1.29, 1.82) is 0 Å². The third-order valence-corrected chi connectivity index (χ3v) is 24.5. The van der Waals surface area contributed by atoms with Gasteiger partial charge in [-0.25, -0.2) is 13.2 Å². The van der Waals surface area contributed by atoms with Crippen molar-refractivity contribution in [2.75, 3.05) is 106 Å². The Kier molecular flexibility index (Phi) is 33.1. The number of ether oxygens (including phenoxy) is 11. The zero-order chi connectivity index (χ0) is 105. The molecule has 9 heterocycles. The summed E-state index contributed by atoms with van der Waals surface area (Å²) in [6.07, 6.45) is 15.1. The summed E-state index contributed by atoms with van der Waals surface area (Å²) >= 11 is 0. The molecule has 0 saturated heterocycles. The Balaban J connectivity index is 0.000000139. The molecule has 0 saturated carbocycles. The first kappa shape index (κ1) is 105. The maximum atomic E-state index is 14.9. The summed E-state index contributed by atoms with van der Waals surface area (Å²) in [6.45, 7) is 3.08. The molecular formula is C114H113F4N11O17. The van der Waals surface area contributed by atoms with Gasteiger partial charge in [-0.15, -0.1) is 0 Å². The SMILES string of the molecule is CC(F)Oc1cc(-c2cn(C)c(=O)c3cnccc23)cc(F)c1CN(C)C.CN(C)Cc1ccc(-c2cn(C)c(=O)c3ccccc23)c2c1OCO2.COc1cc(-c2cn(C)c(=O)c3ccccc23)cc(OC)c1F.COc1cc(-c2cn(C)c(=O)c3ccccc23)cc(OC)c1OC.COc1cc(-c2cn(C)c(=O)c3cnccc23)c(F)cc1CN(C)C.COc1cc(OC)cc(-c2cn(C)c(=O)c3ccccc23)c1. The molecule has 32 heteroatoms. The van der Waals surface area contributed by atoms with E-state index in [9.17, 15) is 46.3 Å². The smallest absolute Gasteiger partial charge is 0.259 e. The van der Waals surface area contributed by atoms with Crippen molar-refractivity contribution in [3.63, 3.8) is 0 Å². The van der Waals surface area contributed by atoms with Crippen LogP contribution in [0.4, 0.5) is 17.6 Å². The average Bonchev–Trinajstić information content (AvgIpc) is 1.52. The molecule has 1 atom stereocenters. The molecule has 0 fully saturated rings. The number of benzene rings is 10. The van der Waals surface area contributed by atoms with Gasteiger partial charge in [0.15, 0.2) is 34.5 Å². The van der Waals surface area contributed by atoms with Gasteiger partial charge < -0.3 is 94.2 Å². The van der Waals surface area contributed by atoms with E-state index >= 15 is 0 Å². The monoisotopic (exact) mass is 1980 g/mol. The highest BCUT2D eigenvalue weighted by atomic mass is 19.1. The van der Waals surface area contributed by atoms with Crippen molar-refractivity contribution in [3.05, 3.63) is 346 Å². The molecule has 1 unspecified atom stereocenters. The highest BCUT2D eigenvalue weighted by Gasteiger charge is 2.28. The Bertz CT molecular complexity index is 8280. The number of fused-ring (bicyclic) bond motifs is 7. The van der Waals surface area contributed by atoms with Gasteiger partial charge in [-0.1, -0.05) is 78.9 Å². The summed E-state index contributed by atoms with van der Waals surface area (Å²) in [7, 11) is 34.1. The molecule has 19 rings (SSSR count). The second kappa shape index (κ2) is 46.0. The van der Waals surface area contributed by atoms with Crippen LogP contribution in [0.1, 0.15) is 23.6 Å². The molecule has 0 aliphatic carbocycles. The summed E-state index contributed by atoms with van der Waals surface area (Å²) < 4.78 is 126. The quantitative estimate of drug-likeness (QED) is 0.0570. The van der Waals surface area contributed by atoms with Crippen molar-refractivity contribution in [1.82, 2.24) is 52.1 Å². The largest absolute Gasteiger partial charge is 0.497 e. The fraction of sp³-hybridized carbons (Fsp3) is 0.228. The molecule has 754 valence electrons. The number of rotatable bonds is 22. The van der Waals surface area contributed by atoms with Crippen LogP contribution in [-0.4, -0.2) is 164 Å². The standard InChI is InChI=1S/C20H21F2N3O2.C20H20N2O3.C19H20FN3O2.C19H19NO4.C18H16FNO3.C18H17NO3/c1-12(21)27-19-8-13(7-18(22)17(19)10-24(2)3)16-11-25(4)20(26)15-9-23-6-5-14(15)16;1-21(2)10-13-8-9-15(19-18(13)24-12-25-19)17-11-22(3)20(23)16-7-5-4-6-14(16)17;1-22(2)10-12-7-17(20)14(8-18(12)25-4)16-11-23(3)19(24)15-9-21-6-5-13(15)16;1-20-11-15(13-7-5-6-8-14(13)19(20)21)12-9-16(22-2)18(24-4)17(10-12)23-3;1-20-10-14(12-6-4-5-7-13(12)18(20)21)11-8-15(22-2)17(19)16(9-11)23-3;1-19-11-17(15-6-4-5-7-16(15)18(19)20)12-8-13(21-2)10-14(9-12)22-3/h5-9,11-12H,10H2,1-4H3;4-9,11H,10,12H2,1-3H3;5-9,11H,10H2,1-4H3;5-11H,1-4H3;4-10H,1-3H3;4-11H,1-3H3. The highest BCUT2D eigenvalue weighted by Crippen LogP contribution is 2.48. The molecule has 146 heavy (non-hydrogen) atoms. The van der Waals surface area contributed by atoms with Gasteiger partial charge in [-0.2, -0.15) is 4.39 Å². The number of nitrogens with zero attached hydrogens (tertiary/aromatic N) is 11. The van der Waals surface area contributed by atoms with Crippen LogP contribution in [0.15, 0.2) is 279 Å². The molecular weight excluding hydrogens is 1870 g/mol. The number of pyridine rings is 8. The number of hydrogen-bond acceptors (Lipinski definition) is 22. The van der Waals surface area contributed by atoms with Crippen LogP contribution < -0.4 is 85.5 Å². The van der Waals surface area contributed by atoms with Crippen molar-refractivity contribution < 1.29 is 69.7 Å². The van der Waals surface area contributed by atoms with Gasteiger partial charge in [0.25, 0.3) is 33.4 Å². The molecule has 10 aromatic carbocycles. The summed E-state index contributed by atoms with van der Waals surface area (Å²) in [5.41, 5.74) is 11.0. The maximum absolute atomic E-state index is 14.9. The second-order valence-corrected chi connectivity index (χ2v) is 35.3. The van der Waals surface area contributed by atoms with Crippen LogP contribution in [0.5, 0.6) is 63.2 Å². The van der Waals surface area contributed by atoms with Crippen LogP contribution in [-0.2, 0) is 61.9 Å². The molecule has 1 aliphatic rings. The van der Waals surface area contributed by atoms with Crippen LogP contribution in [0.2, 0.25) is 0 Å². The number of halogens is 4. The van der Waals surface area contributed by atoms with E-state index in [0.29, 0.717) is 112 Å². The van der Waals surface area contributed by atoms with Crippen molar-refractivity contribution in [3.8, 4) is 130 Å². The number of hydrogen-bond donors (Lipinski definition) is 0. The van der Waals surface area contributed by atoms with Crippen LogP contribution in [0.3, 0.4) is 0 Å². The van der Waals surface area contributed by atoms with Gasteiger partial charge in [0.05, 0.1) is 67.7 Å². The Morgan fingerprint density at radius 1 is 0.322 bits per heavy atom. The lowest BCUT2D eigenvalue weighted by Gasteiger charge is -2.18. The van der Waals surface area contributed by atoms with E-state index in [1.807, 2.05) is 173 Å². The molecule has 18 aromatic rings. The first-order valence-corrected chi connectivity index (χ1v) is 46.1. The fourth-order valence-electron chi connectivity index (χ4n) is 17.6. The lowest BCUT2D eigenvalue weighted by Crippen LogP contribution is -2.17. The summed E-state index contributed by atoms with van der Waals surface area (Å²) in [4.78, 5) is 87.8. The van der Waals surface area contributed by atoms with E-state index in [1.165, 1.54) is 59.4 Å². The summed E-state index contributed by atoms with van der Waals surface area (Å²) in [5.74, 6) is 4.22. The minimum Gasteiger partial charge on any atom is -0.497 e. The Morgan fingerprint density at radius 3 is 1.05 bits per heavy atom. The van der Waals surface area contributed by atoms with Crippen molar-refractivity contribution in [2.24, 2.45) is 42.3 Å². The summed E-state index contributed by atoms with van der Waals surface area (Å²) in [6, 6.07) is 56.6. The number of alkyl halides is 1. The van der Waals surface area contributed by atoms with Crippen LogP contribution >= 0.6 is 0 Å². The third-order valence-electron chi connectivity index (χ3n) is 24.5. The van der Waals surface area contributed by atoms with Gasteiger partial charge in [0.1, 0.15) is 34.6 Å². The molecule has 0 spiro atoms. The highest BCUT2D eigenvalue weighted by molar-refractivity contribution is 6.02. The zero-order valence-electron chi connectivity index (χ0n) is 84.9. The van der Waals surface area contributed by atoms with E-state index in [0.717, 1.165) is 89.7 Å². The predicted octanol–water partition coefficient (Wildman–Crippen LogP) is 19.1. The molecule has 0 amide bonds. The zero-order valence-corrected chi connectivity index (χ0v) is 84.9. The average molecular weight is 1990 g/mol. The lowest BCUT2D eigenvalue weighted by molar-refractivity contribution is 0.0837. The molecule has 0 N–H and O–H groups in total. The Hall–Kier alpha value is -16.8. The number of aromatic nitrogens is 8. The van der Waals surface area contributed by atoms with Crippen molar-refractivity contribution >= 4 is 64.6 Å². The minimum atomic E-state index is -1.58. The maximum Gasteiger partial charge on any atom is 0.259 e. The second-order valence-electron chi connectivity index (χ2n) is 35.3. The fourth-order valence-corrected chi connectivity index (χ4v) is 17.6.